The first-order chi connectivity index (χ1) is 27.1. The Bertz CT molecular complexity index is 1190. The number of allylic oxidation sites excluding steroid dienone is 14. The number of likely N-dealkylation sites (N-methyl/N-ethyl adjacent to an activating group) is 1. The van der Waals surface area contributed by atoms with Gasteiger partial charge in [0.15, 0.2) is 6.10 Å². The zero-order valence-corrected chi connectivity index (χ0v) is 35.8. The van der Waals surface area contributed by atoms with E-state index in [0.717, 1.165) is 96.3 Å². The molecule has 56 heavy (non-hydrogen) atoms. The molecule has 0 radical (unpaired) electrons. The van der Waals surface area contributed by atoms with Crippen LogP contribution in [-0.2, 0) is 33.3 Å². The van der Waals surface area contributed by atoms with E-state index in [4.69, 9.17) is 18.9 Å². The maximum Gasteiger partial charge on any atom is 0.361 e. The van der Waals surface area contributed by atoms with Crippen molar-refractivity contribution in [1.82, 2.24) is 0 Å². The van der Waals surface area contributed by atoms with Crippen LogP contribution in [-0.4, -0.2) is 87.4 Å². The molecule has 318 valence electrons. The smallest absolute Gasteiger partial charge is 0.361 e. The lowest BCUT2D eigenvalue weighted by Crippen LogP contribution is -2.40. The van der Waals surface area contributed by atoms with Crippen LogP contribution in [0.2, 0.25) is 0 Å². The molecule has 0 aliphatic heterocycles. The second-order valence-corrected chi connectivity index (χ2v) is 14.9. The van der Waals surface area contributed by atoms with E-state index < -0.39 is 24.3 Å². The normalized spacial score (nSPS) is 13.8. The zero-order chi connectivity index (χ0) is 41.4. The molecule has 2 unspecified atom stereocenters. The van der Waals surface area contributed by atoms with E-state index in [0.29, 0.717) is 17.4 Å². The van der Waals surface area contributed by atoms with Crippen molar-refractivity contribution < 1.29 is 42.9 Å². The Kier molecular flexibility index (Phi) is 35.9. The van der Waals surface area contributed by atoms with Gasteiger partial charge in [0.2, 0.25) is 0 Å². The standard InChI is InChI=1S/C47H77NO8/c1-6-8-10-12-14-16-18-19-20-21-22-23-24-25-26-27-28-30-32-34-36-38-45(50)56-43(42-55-47(46(51)52)53-40-39-48(3,4)5)41-54-44(49)37-35-33-31-29-17-15-13-11-9-7-2/h8,10-11,13-14,16,19-20,22-23,25-26,28,30,43,47H,6-7,9,12,15,17-18,21,24,27,29,31-42H2,1-5H3/p+1/b10-8-,13-11-,16-14-,20-19-,23-22-,26-25-,30-28-. The van der Waals surface area contributed by atoms with Gasteiger partial charge in [-0.2, -0.15) is 0 Å². The number of carboxylic acid groups (broad SMARTS) is 1. The van der Waals surface area contributed by atoms with Gasteiger partial charge in [-0.15, -0.1) is 0 Å². The van der Waals surface area contributed by atoms with Crippen LogP contribution in [0.5, 0.6) is 0 Å². The van der Waals surface area contributed by atoms with Crippen molar-refractivity contribution >= 4 is 17.9 Å². The SMILES string of the molecule is CC/C=C\C/C=C\C/C=C\C/C=C\C/C=C\C/C=C\CCCCC(=O)OC(COC(=O)CCCCCCC/C=C\CCC)COC(OCC[N+](C)(C)C)C(=O)O. The first kappa shape index (κ1) is 52.5. The molecule has 0 amide bonds. The quantitative estimate of drug-likeness (QED) is 0.0218. The molecule has 0 rings (SSSR count). The minimum absolute atomic E-state index is 0.173. The minimum atomic E-state index is -1.53. The van der Waals surface area contributed by atoms with Gasteiger partial charge in [0, 0.05) is 12.8 Å². The van der Waals surface area contributed by atoms with E-state index >= 15 is 0 Å². The number of carbonyl (C=O) groups excluding carboxylic acids is 2. The molecule has 0 fully saturated rings. The fourth-order valence-corrected chi connectivity index (χ4v) is 5.07. The summed E-state index contributed by atoms with van der Waals surface area (Å²) in [6.07, 6.45) is 45.1. The molecule has 0 aromatic rings. The van der Waals surface area contributed by atoms with Crippen LogP contribution >= 0.6 is 0 Å². The summed E-state index contributed by atoms with van der Waals surface area (Å²) in [5, 5.41) is 9.61. The minimum Gasteiger partial charge on any atom is -0.477 e. The average Bonchev–Trinajstić information content (AvgIpc) is 3.15. The fraction of sp³-hybridized carbons (Fsp3) is 0.638. The number of hydrogen-bond donors (Lipinski definition) is 1. The molecule has 0 aromatic heterocycles. The number of aliphatic carboxylic acids is 1. The Morgan fingerprint density at radius 1 is 0.554 bits per heavy atom. The third-order valence-electron chi connectivity index (χ3n) is 8.37. The molecule has 9 heteroatoms. The van der Waals surface area contributed by atoms with Gasteiger partial charge in [-0.05, 0) is 83.5 Å². The summed E-state index contributed by atoms with van der Waals surface area (Å²) in [5.41, 5.74) is 0. The van der Waals surface area contributed by atoms with Gasteiger partial charge >= 0.3 is 17.9 Å². The first-order valence-electron chi connectivity index (χ1n) is 21.3. The molecule has 0 aliphatic rings. The second-order valence-electron chi connectivity index (χ2n) is 14.9. The highest BCUT2D eigenvalue weighted by Gasteiger charge is 2.25. The van der Waals surface area contributed by atoms with Crippen molar-refractivity contribution in [3.05, 3.63) is 85.1 Å². The van der Waals surface area contributed by atoms with Gasteiger partial charge in [-0.1, -0.05) is 125 Å². The predicted octanol–water partition coefficient (Wildman–Crippen LogP) is 10.9. The summed E-state index contributed by atoms with van der Waals surface area (Å²) >= 11 is 0. The van der Waals surface area contributed by atoms with Crippen LogP contribution < -0.4 is 0 Å². The van der Waals surface area contributed by atoms with Crippen molar-refractivity contribution in [3.8, 4) is 0 Å². The Hall–Kier alpha value is -3.53. The summed E-state index contributed by atoms with van der Waals surface area (Å²) in [6, 6.07) is 0. The van der Waals surface area contributed by atoms with Gasteiger partial charge < -0.3 is 28.5 Å². The van der Waals surface area contributed by atoms with Crippen molar-refractivity contribution in [2.45, 2.75) is 148 Å². The Labute approximate surface area is 340 Å². The third kappa shape index (κ3) is 38.7. The van der Waals surface area contributed by atoms with E-state index in [9.17, 15) is 19.5 Å². The molecule has 9 nitrogen and oxygen atoms in total. The summed E-state index contributed by atoms with van der Waals surface area (Å²) in [6.45, 7) is 4.59. The van der Waals surface area contributed by atoms with Crippen LogP contribution in [0, 0.1) is 0 Å². The highest BCUT2D eigenvalue weighted by atomic mass is 16.7. The van der Waals surface area contributed by atoms with Crippen molar-refractivity contribution in [1.29, 1.82) is 0 Å². The summed E-state index contributed by atoms with van der Waals surface area (Å²) in [4.78, 5) is 37.0. The molecule has 0 bridgehead atoms. The molecule has 2 atom stereocenters. The number of carboxylic acids is 1. The zero-order valence-electron chi connectivity index (χ0n) is 35.8. The van der Waals surface area contributed by atoms with E-state index in [1.165, 1.54) is 6.42 Å². The number of hydrogen-bond acceptors (Lipinski definition) is 7. The molecule has 0 spiro atoms. The van der Waals surface area contributed by atoms with Crippen LogP contribution in [0.15, 0.2) is 85.1 Å². The summed E-state index contributed by atoms with van der Waals surface area (Å²) < 4.78 is 22.6. The van der Waals surface area contributed by atoms with Crippen LogP contribution in [0.4, 0.5) is 0 Å². The third-order valence-corrected chi connectivity index (χ3v) is 8.37. The van der Waals surface area contributed by atoms with Gasteiger partial charge in [-0.25, -0.2) is 4.79 Å². The number of ether oxygens (including phenoxy) is 4. The molecular weight excluding hydrogens is 707 g/mol. The Morgan fingerprint density at radius 2 is 1.02 bits per heavy atom. The van der Waals surface area contributed by atoms with E-state index in [1.807, 2.05) is 21.1 Å². The number of quaternary nitrogens is 1. The maximum absolute atomic E-state index is 12.7. The highest BCUT2D eigenvalue weighted by Crippen LogP contribution is 2.11. The highest BCUT2D eigenvalue weighted by molar-refractivity contribution is 5.71. The maximum atomic E-state index is 12.7. The number of carbonyl (C=O) groups is 3. The summed E-state index contributed by atoms with van der Waals surface area (Å²) in [5.74, 6) is -2.10. The number of unbranched alkanes of at least 4 members (excludes halogenated alkanes) is 8. The molecule has 0 saturated heterocycles. The molecule has 0 aromatic carbocycles. The Morgan fingerprint density at radius 3 is 1.57 bits per heavy atom. The van der Waals surface area contributed by atoms with Crippen LogP contribution in [0.3, 0.4) is 0 Å². The second kappa shape index (κ2) is 38.3. The Balaban J connectivity index is 4.56. The summed E-state index contributed by atoms with van der Waals surface area (Å²) in [7, 11) is 5.92. The first-order valence-corrected chi connectivity index (χ1v) is 21.3. The van der Waals surface area contributed by atoms with Gasteiger partial charge in [0.05, 0.1) is 34.4 Å². The molecule has 0 saturated carbocycles. The van der Waals surface area contributed by atoms with Crippen LogP contribution in [0.1, 0.15) is 136 Å². The van der Waals surface area contributed by atoms with Crippen molar-refractivity contribution in [2.24, 2.45) is 0 Å². The topological polar surface area (TPSA) is 108 Å². The molecule has 0 heterocycles. The lowest BCUT2D eigenvalue weighted by molar-refractivity contribution is -0.870. The number of rotatable bonds is 37. The van der Waals surface area contributed by atoms with E-state index in [2.05, 4.69) is 98.9 Å². The van der Waals surface area contributed by atoms with Crippen molar-refractivity contribution in [3.63, 3.8) is 0 Å². The fourth-order valence-electron chi connectivity index (χ4n) is 5.07. The van der Waals surface area contributed by atoms with Gasteiger partial charge in [-0.3, -0.25) is 9.59 Å². The average molecular weight is 785 g/mol. The number of esters is 2. The van der Waals surface area contributed by atoms with E-state index in [1.54, 1.807) is 0 Å². The monoisotopic (exact) mass is 785 g/mol. The van der Waals surface area contributed by atoms with Crippen molar-refractivity contribution in [2.75, 3.05) is 47.5 Å². The predicted molar refractivity (Wildman–Crippen MR) is 230 cm³/mol. The van der Waals surface area contributed by atoms with E-state index in [-0.39, 0.29) is 38.6 Å². The van der Waals surface area contributed by atoms with Crippen LogP contribution in [0.25, 0.3) is 0 Å². The lowest BCUT2D eigenvalue weighted by atomic mass is 10.1. The largest absolute Gasteiger partial charge is 0.477 e. The van der Waals surface area contributed by atoms with Gasteiger partial charge in [0.1, 0.15) is 13.2 Å². The lowest BCUT2D eigenvalue weighted by Gasteiger charge is -2.25. The molecular formula is C47H78NO8+. The molecule has 1 N–H and O–H groups in total. The molecule has 0 aliphatic carbocycles. The number of nitrogens with zero attached hydrogens (tertiary/aromatic N) is 1. The van der Waals surface area contributed by atoms with Gasteiger partial charge in [0.25, 0.3) is 6.29 Å².